The monoisotopic (exact) mass is 307 g/mol. The van der Waals surface area contributed by atoms with E-state index in [9.17, 15) is 9.59 Å². The fourth-order valence-electron chi connectivity index (χ4n) is 2.02. The van der Waals surface area contributed by atoms with Crippen molar-refractivity contribution in [2.75, 3.05) is 6.54 Å². The van der Waals surface area contributed by atoms with Crippen LogP contribution in [0.4, 0.5) is 4.79 Å². The molecular weight excluding hydrogens is 282 g/mol. The molecule has 2 N–H and O–H groups in total. The Hall–Kier alpha value is -2.04. The number of alkyl carbamates (subject to hydrolysis) is 1. The first-order valence-corrected chi connectivity index (χ1v) is 7.77. The number of carbonyl (C=O) groups excluding carboxylic acids is 1. The molecule has 0 heterocycles. The van der Waals surface area contributed by atoms with Crippen LogP contribution in [0.5, 0.6) is 0 Å². The summed E-state index contributed by atoms with van der Waals surface area (Å²) in [6.45, 7) is 2.59. The van der Waals surface area contributed by atoms with E-state index in [1.165, 1.54) is 0 Å². The van der Waals surface area contributed by atoms with Gasteiger partial charge in [0.2, 0.25) is 0 Å². The first-order chi connectivity index (χ1) is 10.6. The van der Waals surface area contributed by atoms with Crippen LogP contribution in [0.15, 0.2) is 30.3 Å². The normalized spacial score (nSPS) is 11.7. The summed E-state index contributed by atoms with van der Waals surface area (Å²) in [4.78, 5) is 22.1. The second-order valence-corrected chi connectivity index (χ2v) is 5.43. The molecule has 0 radical (unpaired) electrons. The molecule has 1 atom stereocenters. The van der Waals surface area contributed by atoms with E-state index >= 15 is 0 Å². The van der Waals surface area contributed by atoms with E-state index in [0.29, 0.717) is 13.0 Å². The van der Waals surface area contributed by atoms with E-state index in [1.54, 1.807) is 6.92 Å². The maximum atomic E-state index is 11.5. The molecule has 0 spiro atoms. The first-order valence-electron chi connectivity index (χ1n) is 7.77. The summed E-state index contributed by atoms with van der Waals surface area (Å²) in [5, 5.41) is 11.5. The number of ether oxygens (including phenoxy) is 1. The fraction of sp³-hybridized carbons (Fsp3) is 0.529. The van der Waals surface area contributed by atoms with E-state index in [4.69, 9.17) is 9.84 Å². The van der Waals surface area contributed by atoms with Crippen LogP contribution in [0.2, 0.25) is 0 Å². The SMILES string of the molecule is CC(CCCCCCNC(=O)OCc1ccccc1)C(=O)O. The van der Waals surface area contributed by atoms with Gasteiger partial charge in [0.25, 0.3) is 0 Å². The third kappa shape index (κ3) is 8.29. The Morgan fingerprint density at radius 2 is 1.82 bits per heavy atom. The highest BCUT2D eigenvalue weighted by Gasteiger charge is 2.09. The van der Waals surface area contributed by atoms with Gasteiger partial charge in [-0.2, -0.15) is 0 Å². The highest BCUT2D eigenvalue weighted by atomic mass is 16.5. The van der Waals surface area contributed by atoms with Crippen LogP contribution in [-0.2, 0) is 16.1 Å². The topological polar surface area (TPSA) is 75.6 Å². The Balaban J connectivity index is 1.96. The highest BCUT2D eigenvalue weighted by molar-refractivity contribution is 5.69. The third-order valence-corrected chi connectivity index (χ3v) is 3.47. The minimum absolute atomic E-state index is 0.272. The lowest BCUT2D eigenvalue weighted by molar-refractivity contribution is -0.141. The molecule has 0 saturated heterocycles. The summed E-state index contributed by atoms with van der Waals surface area (Å²) in [6, 6.07) is 9.54. The molecule has 122 valence electrons. The third-order valence-electron chi connectivity index (χ3n) is 3.47. The number of aliphatic carboxylic acids is 1. The maximum absolute atomic E-state index is 11.5. The Kier molecular flexibility index (Phi) is 8.72. The second-order valence-electron chi connectivity index (χ2n) is 5.43. The zero-order valence-corrected chi connectivity index (χ0v) is 13.1. The second kappa shape index (κ2) is 10.7. The number of carboxylic acid groups (broad SMARTS) is 1. The predicted molar refractivity (Wildman–Crippen MR) is 84.5 cm³/mol. The highest BCUT2D eigenvalue weighted by Crippen LogP contribution is 2.10. The molecule has 0 aromatic heterocycles. The number of hydrogen-bond donors (Lipinski definition) is 2. The van der Waals surface area contributed by atoms with E-state index < -0.39 is 12.1 Å². The number of carboxylic acids is 1. The van der Waals surface area contributed by atoms with Gasteiger partial charge in [0.15, 0.2) is 0 Å². The van der Waals surface area contributed by atoms with Gasteiger partial charge in [-0.1, -0.05) is 56.5 Å². The molecule has 0 bridgehead atoms. The van der Waals surface area contributed by atoms with E-state index in [1.807, 2.05) is 30.3 Å². The van der Waals surface area contributed by atoms with Gasteiger partial charge in [-0.15, -0.1) is 0 Å². The average Bonchev–Trinajstić information content (AvgIpc) is 2.52. The van der Waals surface area contributed by atoms with Crippen molar-refractivity contribution in [3.05, 3.63) is 35.9 Å². The van der Waals surface area contributed by atoms with Gasteiger partial charge in [0.1, 0.15) is 6.61 Å². The van der Waals surface area contributed by atoms with Crippen LogP contribution in [0.25, 0.3) is 0 Å². The number of amides is 1. The van der Waals surface area contributed by atoms with Gasteiger partial charge in [0, 0.05) is 6.54 Å². The van der Waals surface area contributed by atoms with Crippen molar-refractivity contribution < 1.29 is 19.4 Å². The summed E-state index contributed by atoms with van der Waals surface area (Å²) in [5.41, 5.74) is 0.963. The quantitative estimate of drug-likeness (QED) is 0.648. The predicted octanol–water partition coefficient (Wildman–Crippen LogP) is 3.58. The van der Waals surface area contributed by atoms with Gasteiger partial charge in [-0.05, 0) is 18.4 Å². The van der Waals surface area contributed by atoms with Crippen LogP contribution in [0.3, 0.4) is 0 Å². The number of rotatable bonds is 10. The lowest BCUT2D eigenvalue weighted by atomic mass is 10.0. The van der Waals surface area contributed by atoms with Crippen LogP contribution < -0.4 is 5.32 Å². The zero-order valence-electron chi connectivity index (χ0n) is 13.1. The molecule has 1 aromatic rings. The van der Waals surface area contributed by atoms with Crippen molar-refractivity contribution in [2.24, 2.45) is 5.92 Å². The lowest BCUT2D eigenvalue weighted by Crippen LogP contribution is -2.25. The molecule has 5 nitrogen and oxygen atoms in total. The molecule has 5 heteroatoms. The molecule has 0 aliphatic heterocycles. The van der Waals surface area contributed by atoms with E-state index in [0.717, 1.165) is 31.2 Å². The van der Waals surface area contributed by atoms with Crippen molar-refractivity contribution in [1.29, 1.82) is 0 Å². The van der Waals surface area contributed by atoms with Crippen molar-refractivity contribution >= 4 is 12.1 Å². The standard InChI is InChI=1S/C17H25NO4/c1-14(16(19)20)9-5-2-3-8-12-18-17(21)22-13-15-10-6-4-7-11-15/h4,6-7,10-11,14H,2-3,5,8-9,12-13H2,1H3,(H,18,21)(H,19,20). The number of unbranched alkanes of at least 4 members (excludes halogenated alkanes) is 3. The van der Waals surface area contributed by atoms with Crippen LogP contribution in [0, 0.1) is 5.92 Å². The Morgan fingerprint density at radius 1 is 1.14 bits per heavy atom. The molecule has 1 aromatic carbocycles. The molecule has 1 amide bonds. The van der Waals surface area contributed by atoms with Gasteiger partial charge in [-0.25, -0.2) is 4.79 Å². The number of carbonyl (C=O) groups is 2. The summed E-state index contributed by atoms with van der Waals surface area (Å²) in [6.07, 6.45) is 4.06. The summed E-state index contributed by atoms with van der Waals surface area (Å²) in [5.74, 6) is -1.01. The van der Waals surface area contributed by atoms with Crippen molar-refractivity contribution in [1.82, 2.24) is 5.32 Å². The van der Waals surface area contributed by atoms with Gasteiger partial charge in [-0.3, -0.25) is 4.79 Å². The molecule has 1 rings (SSSR count). The first kappa shape index (κ1) is 18.0. The molecular formula is C17H25NO4. The number of nitrogens with one attached hydrogen (secondary N) is 1. The summed E-state index contributed by atoms with van der Waals surface area (Å²) >= 11 is 0. The molecule has 1 unspecified atom stereocenters. The van der Waals surface area contributed by atoms with E-state index in [2.05, 4.69) is 5.32 Å². The molecule has 0 aliphatic rings. The smallest absolute Gasteiger partial charge is 0.407 e. The Labute approximate surface area is 131 Å². The minimum Gasteiger partial charge on any atom is -0.481 e. The van der Waals surface area contributed by atoms with Gasteiger partial charge >= 0.3 is 12.1 Å². The van der Waals surface area contributed by atoms with Crippen molar-refractivity contribution in [2.45, 2.75) is 45.6 Å². The summed E-state index contributed by atoms with van der Waals surface area (Å²) in [7, 11) is 0. The Bertz CT molecular complexity index is 447. The van der Waals surface area contributed by atoms with Crippen LogP contribution in [0.1, 0.15) is 44.6 Å². The molecule has 0 fully saturated rings. The summed E-state index contributed by atoms with van der Waals surface area (Å²) < 4.78 is 5.10. The Morgan fingerprint density at radius 3 is 2.50 bits per heavy atom. The molecule has 0 aliphatic carbocycles. The van der Waals surface area contributed by atoms with Crippen molar-refractivity contribution in [3.8, 4) is 0 Å². The maximum Gasteiger partial charge on any atom is 0.407 e. The van der Waals surface area contributed by atoms with Crippen LogP contribution >= 0.6 is 0 Å². The number of hydrogen-bond acceptors (Lipinski definition) is 3. The van der Waals surface area contributed by atoms with Gasteiger partial charge < -0.3 is 15.2 Å². The number of benzene rings is 1. The zero-order chi connectivity index (χ0) is 16.2. The fourth-order valence-corrected chi connectivity index (χ4v) is 2.02. The van der Waals surface area contributed by atoms with Crippen molar-refractivity contribution in [3.63, 3.8) is 0 Å². The minimum atomic E-state index is -0.733. The molecule has 22 heavy (non-hydrogen) atoms. The van der Waals surface area contributed by atoms with Gasteiger partial charge in [0.05, 0.1) is 5.92 Å². The van der Waals surface area contributed by atoms with Crippen LogP contribution in [-0.4, -0.2) is 23.7 Å². The van der Waals surface area contributed by atoms with E-state index in [-0.39, 0.29) is 12.5 Å². The average molecular weight is 307 g/mol. The lowest BCUT2D eigenvalue weighted by Gasteiger charge is -2.08. The molecule has 0 saturated carbocycles. The largest absolute Gasteiger partial charge is 0.481 e.